The van der Waals surface area contributed by atoms with Crippen LogP contribution in [0.15, 0.2) is 30.3 Å². The van der Waals surface area contributed by atoms with Gasteiger partial charge in [-0.1, -0.05) is 24.6 Å². The van der Waals surface area contributed by atoms with Gasteiger partial charge in [-0.25, -0.2) is 0 Å². The van der Waals surface area contributed by atoms with Crippen LogP contribution < -0.4 is 16.8 Å². The van der Waals surface area contributed by atoms with Crippen LogP contribution in [0.25, 0.3) is 0 Å². The van der Waals surface area contributed by atoms with E-state index in [2.05, 4.69) is 5.32 Å². The zero-order valence-corrected chi connectivity index (χ0v) is 14.8. The highest BCUT2D eigenvalue weighted by molar-refractivity contribution is 6.06. The lowest BCUT2D eigenvalue weighted by atomic mass is 10.1. The maximum atomic E-state index is 12.9. The van der Waals surface area contributed by atoms with Gasteiger partial charge in [-0.3, -0.25) is 19.3 Å². The van der Waals surface area contributed by atoms with Crippen molar-refractivity contribution in [3.05, 3.63) is 30.3 Å². The first-order valence-corrected chi connectivity index (χ1v) is 8.35. The second-order valence-corrected chi connectivity index (χ2v) is 5.93. The van der Waals surface area contributed by atoms with Gasteiger partial charge in [0.15, 0.2) is 0 Å². The van der Waals surface area contributed by atoms with E-state index < -0.39 is 36.0 Å². The third-order valence-corrected chi connectivity index (χ3v) is 3.79. The first-order valence-electron chi connectivity index (χ1n) is 8.35. The molecule has 10 heteroatoms. The lowest BCUT2D eigenvalue weighted by Crippen LogP contribution is -2.57. The fourth-order valence-electron chi connectivity index (χ4n) is 2.30. The van der Waals surface area contributed by atoms with Gasteiger partial charge in [-0.15, -0.1) is 0 Å². The highest BCUT2D eigenvalue weighted by Crippen LogP contribution is 2.22. The van der Waals surface area contributed by atoms with Gasteiger partial charge in [-0.2, -0.15) is 13.2 Å². The largest absolute Gasteiger partial charge is 0.471 e. The molecule has 0 radical (unpaired) electrons. The molecule has 1 aromatic rings. The number of unbranched alkanes of at least 4 members (excludes halogenated alkanes) is 1. The number of carbonyl (C=O) groups is 3. The molecule has 0 bridgehead atoms. The Bertz CT molecular complexity index is 653. The minimum Gasteiger partial charge on any atom is -0.330 e. The first-order chi connectivity index (χ1) is 12.6. The van der Waals surface area contributed by atoms with Gasteiger partial charge in [-0.05, 0) is 38.4 Å². The number of anilines is 1. The smallest absolute Gasteiger partial charge is 0.330 e. The Labute approximate surface area is 154 Å². The van der Waals surface area contributed by atoms with Crippen molar-refractivity contribution in [3.8, 4) is 0 Å². The second kappa shape index (κ2) is 10.0. The zero-order chi connectivity index (χ0) is 20.6. The number of halogens is 3. The third-order valence-electron chi connectivity index (χ3n) is 3.79. The Morgan fingerprint density at radius 2 is 1.74 bits per heavy atom. The maximum absolute atomic E-state index is 12.9. The summed E-state index contributed by atoms with van der Waals surface area (Å²) >= 11 is 0. The number of nitrogens with two attached hydrogens (primary N) is 2. The minimum absolute atomic E-state index is 0.0463. The fraction of sp³-hybridized carbons (Fsp3) is 0.471. The molecule has 27 heavy (non-hydrogen) atoms. The van der Waals surface area contributed by atoms with Crippen LogP contribution in [0.3, 0.4) is 0 Å². The molecule has 2 atom stereocenters. The van der Waals surface area contributed by atoms with Gasteiger partial charge in [0.1, 0.15) is 6.04 Å². The number of imide groups is 1. The number of para-hydroxylation sites is 1. The molecule has 0 aliphatic heterocycles. The lowest BCUT2D eigenvalue weighted by Gasteiger charge is -2.29. The molecule has 5 N–H and O–H groups in total. The van der Waals surface area contributed by atoms with Crippen LogP contribution in [-0.4, -0.2) is 47.4 Å². The van der Waals surface area contributed by atoms with E-state index in [9.17, 15) is 27.6 Å². The third kappa shape index (κ3) is 6.65. The normalized spacial score (nSPS) is 13.6. The molecular weight excluding hydrogens is 365 g/mol. The number of nitrogens with one attached hydrogen (secondary N) is 1. The Morgan fingerprint density at radius 1 is 1.15 bits per heavy atom. The van der Waals surface area contributed by atoms with E-state index in [1.807, 2.05) is 0 Å². The molecule has 3 amide bonds. The minimum atomic E-state index is -5.33. The van der Waals surface area contributed by atoms with Crippen LogP contribution in [0.4, 0.5) is 18.9 Å². The molecule has 0 saturated heterocycles. The van der Waals surface area contributed by atoms with Crippen molar-refractivity contribution < 1.29 is 27.6 Å². The summed E-state index contributed by atoms with van der Waals surface area (Å²) in [5.74, 6) is -4.64. The van der Waals surface area contributed by atoms with Crippen LogP contribution >= 0.6 is 0 Å². The number of amides is 3. The predicted molar refractivity (Wildman–Crippen MR) is 93.3 cm³/mol. The molecule has 0 heterocycles. The number of alkyl halides is 3. The summed E-state index contributed by atoms with van der Waals surface area (Å²) in [6.45, 7) is 1.37. The van der Waals surface area contributed by atoms with Crippen LogP contribution in [0, 0.1) is 0 Å². The van der Waals surface area contributed by atoms with E-state index in [1.54, 1.807) is 18.2 Å². The number of rotatable bonds is 8. The average Bonchev–Trinajstić information content (AvgIpc) is 2.61. The van der Waals surface area contributed by atoms with E-state index >= 15 is 0 Å². The van der Waals surface area contributed by atoms with E-state index in [0.717, 1.165) is 6.92 Å². The van der Waals surface area contributed by atoms with Crippen LogP contribution in [0.2, 0.25) is 0 Å². The molecule has 0 fully saturated rings. The molecule has 0 spiro atoms. The van der Waals surface area contributed by atoms with Crippen molar-refractivity contribution in [3.63, 3.8) is 0 Å². The summed E-state index contributed by atoms with van der Waals surface area (Å²) in [5.41, 5.74) is 11.3. The summed E-state index contributed by atoms with van der Waals surface area (Å²) in [6, 6.07) is 4.88. The van der Waals surface area contributed by atoms with Crippen molar-refractivity contribution in [2.45, 2.75) is 44.4 Å². The summed E-state index contributed by atoms with van der Waals surface area (Å²) in [4.78, 5) is 36.3. The van der Waals surface area contributed by atoms with E-state index in [-0.39, 0.29) is 11.3 Å². The molecule has 1 rings (SSSR count). The molecule has 0 aliphatic rings. The summed E-state index contributed by atoms with van der Waals surface area (Å²) in [7, 11) is 0. The number of hydrogen-bond acceptors (Lipinski definition) is 5. The monoisotopic (exact) mass is 388 g/mol. The predicted octanol–water partition coefficient (Wildman–Crippen LogP) is 1.39. The number of carbonyl (C=O) groups excluding carboxylic acids is 3. The molecule has 150 valence electrons. The van der Waals surface area contributed by atoms with Crippen LogP contribution in [0.5, 0.6) is 0 Å². The quantitative estimate of drug-likeness (QED) is 0.582. The Morgan fingerprint density at radius 3 is 2.26 bits per heavy atom. The van der Waals surface area contributed by atoms with Gasteiger partial charge in [0.2, 0.25) is 11.8 Å². The number of benzene rings is 1. The van der Waals surface area contributed by atoms with Crippen LogP contribution in [0.1, 0.15) is 26.2 Å². The van der Waals surface area contributed by atoms with Gasteiger partial charge < -0.3 is 16.8 Å². The molecule has 7 nitrogen and oxygen atoms in total. The van der Waals surface area contributed by atoms with E-state index in [1.165, 1.54) is 12.1 Å². The summed E-state index contributed by atoms with van der Waals surface area (Å²) in [6.07, 6.45) is -4.35. The van der Waals surface area contributed by atoms with E-state index in [4.69, 9.17) is 11.5 Å². The van der Waals surface area contributed by atoms with Crippen molar-refractivity contribution in [1.82, 2.24) is 4.90 Å². The van der Waals surface area contributed by atoms with Crippen molar-refractivity contribution in [2.75, 3.05) is 11.9 Å². The summed E-state index contributed by atoms with van der Waals surface area (Å²) < 4.78 is 38.8. The highest BCUT2D eigenvalue weighted by atomic mass is 19.4. The summed E-state index contributed by atoms with van der Waals surface area (Å²) in [5, 5.41) is 2.36. The van der Waals surface area contributed by atoms with Gasteiger partial charge >= 0.3 is 12.1 Å². The zero-order valence-electron chi connectivity index (χ0n) is 14.8. The Hall–Kier alpha value is -2.46. The van der Waals surface area contributed by atoms with Gasteiger partial charge in [0.05, 0.1) is 6.04 Å². The molecule has 1 aromatic carbocycles. The Kier molecular flexibility index (Phi) is 8.38. The van der Waals surface area contributed by atoms with Gasteiger partial charge in [0.25, 0.3) is 0 Å². The SMILES string of the molecule is C[C@@H](C(=O)Nc1ccccc1)N(C(=O)[C@@H](N)CCCCN)C(=O)C(F)(F)F. The second-order valence-electron chi connectivity index (χ2n) is 5.93. The topological polar surface area (TPSA) is 119 Å². The number of hydrogen-bond donors (Lipinski definition) is 3. The molecule has 0 saturated carbocycles. The van der Waals surface area contributed by atoms with Crippen molar-refractivity contribution >= 4 is 23.4 Å². The Balaban J connectivity index is 3.00. The molecule has 0 aliphatic carbocycles. The fourth-order valence-corrected chi connectivity index (χ4v) is 2.30. The molecule has 0 unspecified atom stereocenters. The first kappa shape index (κ1) is 22.6. The lowest BCUT2D eigenvalue weighted by molar-refractivity contribution is -0.190. The average molecular weight is 388 g/mol. The highest BCUT2D eigenvalue weighted by Gasteiger charge is 2.48. The van der Waals surface area contributed by atoms with E-state index in [0.29, 0.717) is 25.1 Å². The molecular formula is C17H23F3N4O3. The van der Waals surface area contributed by atoms with Crippen molar-refractivity contribution in [1.29, 1.82) is 0 Å². The number of nitrogens with zero attached hydrogens (tertiary/aromatic N) is 1. The molecule has 0 aromatic heterocycles. The maximum Gasteiger partial charge on any atom is 0.471 e. The van der Waals surface area contributed by atoms with Gasteiger partial charge in [0, 0.05) is 5.69 Å². The van der Waals surface area contributed by atoms with Crippen LogP contribution in [-0.2, 0) is 14.4 Å². The standard InChI is InChI=1S/C17H23F3N4O3/c1-11(14(25)23-12-7-3-2-4-8-12)24(16(27)17(18,19)20)15(26)13(22)9-5-6-10-21/h2-4,7-8,11,13H,5-6,9-10,21-22H2,1H3,(H,23,25)/t11-,13-/m0/s1. The van der Waals surface area contributed by atoms with Crippen molar-refractivity contribution in [2.24, 2.45) is 11.5 Å².